The molecule has 0 saturated carbocycles. The molecule has 0 radical (unpaired) electrons. The van der Waals surface area contributed by atoms with Crippen LogP contribution in [0.2, 0.25) is 0 Å². The number of benzene rings is 1. The molecule has 0 aromatic heterocycles. The number of amides is 1. The van der Waals surface area contributed by atoms with Gasteiger partial charge >= 0.3 is 0 Å². The Balaban J connectivity index is 1.73. The van der Waals surface area contributed by atoms with Crippen LogP contribution in [0.4, 0.5) is 0 Å². The standard InChI is InChI=1S/C19H30N2O/c1-15(2)19-7-5-17(6-8-19)9-11-20(4)13-18-10-12-21(14-18)16(3)22/h5-8,15,18H,9-14H2,1-4H3/t18-/m0/s1. The van der Waals surface area contributed by atoms with Crippen molar-refractivity contribution < 1.29 is 4.79 Å². The lowest BCUT2D eigenvalue weighted by Crippen LogP contribution is -2.31. The molecule has 0 aliphatic carbocycles. The Bertz CT molecular complexity index is 481. The number of hydrogen-bond acceptors (Lipinski definition) is 2. The van der Waals surface area contributed by atoms with Crippen LogP contribution in [0, 0.1) is 5.92 Å². The molecule has 3 nitrogen and oxygen atoms in total. The number of rotatable bonds is 6. The Morgan fingerprint density at radius 2 is 2.00 bits per heavy atom. The van der Waals surface area contributed by atoms with Crippen molar-refractivity contribution in [3.8, 4) is 0 Å². The molecule has 1 fully saturated rings. The summed E-state index contributed by atoms with van der Waals surface area (Å²) in [5, 5.41) is 0. The van der Waals surface area contributed by atoms with E-state index >= 15 is 0 Å². The first-order valence-corrected chi connectivity index (χ1v) is 8.48. The van der Waals surface area contributed by atoms with Crippen molar-refractivity contribution in [2.24, 2.45) is 5.92 Å². The third-order valence-electron chi connectivity index (χ3n) is 4.73. The van der Waals surface area contributed by atoms with E-state index in [1.54, 1.807) is 6.92 Å². The maximum atomic E-state index is 11.4. The van der Waals surface area contributed by atoms with Gasteiger partial charge in [-0.25, -0.2) is 0 Å². The van der Waals surface area contributed by atoms with E-state index in [-0.39, 0.29) is 5.91 Å². The average Bonchev–Trinajstić information content (AvgIpc) is 2.94. The summed E-state index contributed by atoms with van der Waals surface area (Å²) in [5.41, 5.74) is 2.82. The fourth-order valence-corrected chi connectivity index (χ4v) is 3.19. The van der Waals surface area contributed by atoms with Crippen LogP contribution < -0.4 is 0 Å². The molecule has 0 spiro atoms. The number of carbonyl (C=O) groups excluding carboxylic acids is 1. The molecule has 1 amide bonds. The molecule has 1 aliphatic rings. The monoisotopic (exact) mass is 302 g/mol. The van der Waals surface area contributed by atoms with Crippen LogP contribution in [-0.2, 0) is 11.2 Å². The lowest BCUT2D eigenvalue weighted by Gasteiger charge is -2.21. The minimum Gasteiger partial charge on any atom is -0.343 e. The Morgan fingerprint density at radius 1 is 1.32 bits per heavy atom. The van der Waals surface area contributed by atoms with Crippen LogP contribution in [0.3, 0.4) is 0 Å². The van der Waals surface area contributed by atoms with Gasteiger partial charge in [0, 0.05) is 33.1 Å². The quantitative estimate of drug-likeness (QED) is 0.806. The zero-order valence-corrected chi connectivity index (χ0v) is 14.5. The first-order valence-electron chi connectivity index (χ1n) is 8.48. The molecule has 122 valence electrons. The first kappa shape index (κ1) is 17.0. The zero-order valence-electron chi connectivity index (χ0n) is 14.5. The van der Waals surface area contributed by atoms with Crippen molar-refractivity contribution in [2.45, 2.75) is 39.5 Å². The van der Waals surface area contributed by atoms with E-state index in [4.69, 9.17) is 0 Å². The summed E-state index contributed by atoms with van der Waals surface area (Å²) >= 11 is 0. The zero-order chi connectivity index (χ0) is 16.1. The summed E-state index contributed by atoms with van der Waals surface area (Å²) in [5.74, 6) is 1.45. The van der Waals surface area contributed by atoms with Gasteiger partial charge in [-0.05, 0) is 42.9 Å². The molecule has 1 atom stereocenters. The molecule has 3 heteroatoms. The predicted molar refractivity (Wildman–Crippen MR) is 92.1 cm³/mol. The molecular weight excluding hydrogens is 272 g/mol. The minimum absolute atomic E-state index is 0.218. The van der Waals surface area contributed by atoms with Gasteiger partial charge in [-0.1, -0.05) is 38.1 Å². The summed E-state index contributed by atoms with van der Waals surface area (Å²) in [4.78, 5) is 15.8. The van der Waals surface area contributed by atoms with Crippen molar-refractivity contribution in [3.63, 3.8) is 0 Å². The van der Waals surface area contributed by atoms with Crippen LogP contribution in [-0.4, -0.2) is 48.9 Å². The highest BCUT2D eigenvalue weighted by atomic mass is 16.2. The van der Waals surface area contributed by atoms with Crippen LogP contribution in [0.25, 0.3) is 0 Å². The lowest BCUT2D eigenvalue weighted by atomic mass is 10.0. The SMILES string of the molecule is CC(=O)N1CC[C@@H](CN(C)CCc2ccc(C(C)C)cc2)C1. The molecule has 2 rings (SSSR count). The molecule has 1 heterocycles. The van der Waals surface area contributed by atoms with Crippen molar-refractivity contribution in [1.29, 1.82) is 0 Å². The number of carbonyl (C=O) groups is 1. The Kier molecular flexibility index (Phi) is 6.01. The molecule has 0 N–H and O–H groups in total. The normalized spacial score (nSPS) is 18.5. The van der Waals surface area contributed by atoms with Crippen LogP contribution in [0.1, 0.15) is 44.2 Å². The second-order valence-corrected chi connectivity index (χ2v) is 7.03. The van der Waals surface area contributed by atoms with Crippen molar-refractivity contribution in [1.82, 2.24) is 9.80 Å². The van der Waals surface area contributed by atoms with E-state index < -0.39 is 0 Å². The molecule has 0 bridgehead atoms. The smallest absolute Gasteiger partial charge is 0.219 e. The predicted octanol–water partition coefficient (Wildman–Crippen LogP) is 3.15. The van der Waals surface area contributed by atoms with Gasteiger partial charge in [0.2, 0.25) is 5.91 Å². The lowest BCUT2D eigenvalue weighted by molar-refractivity contribution is -0.127. The van der Waals surface area contributed by atoms with Crippen molar-refractivity contribution in [2.75, 3.05) is 33.2 Å². The van der Waals surface area contributed by atoms with E-state index in [2.05, 4.69) is 50.1 Å². The number of likely N-dealkylation sites (tertiary alicyclic amines) is 1. The molecular formula is C19H30N2O. The third-order valence-corrected chi connectivity index (χ3v) is 4.73. The van der Waals surface area contributed by atoms with Gasteiger partial charge in [0.25, 0.3) is 0 Å². The summed E-state index contributed by atoms with van der Waals surface area (Å²) in [6.07, 6.45) is 2.24. The molecule has 1 saturated heterocycles. The van der Waals surface area contributed by atoms with Gasteiger partial charge in [-0.15, -0.1) is 0 Å². The Hall–Kier alpha value is -1.35. The van der Waals surface area contributed by atoms with Crippen LogP contribution in [0.5, 0.6) is 0 Å². The maximum Gasteiger partial charge on any atom is 0.219 e. The fraction of sp³-hybridized carbons (Fsp3) is 0.632. The van der Waals surface area contributed by atoms with Crippen molar-refractivity contribution in [3.05, 3.63) is 35.4 Å². The van der Waals surface area contributed by atoms with E-state index in [0.717, 1.165) is 39.0 Å². The third kappa shape index (κ3) is 4.84. The second kappa shape index (κ2) is 7.77. The van der Waals surface area contributed by atoms with Crippen molar-refractivity contribution >= 4 is 5.91 Å². The molecule has 1 aromatic rings. The van der Waals surface area contributed by atoms with Gasteiger partial charge in [0.15, 0.2) is 0 Å². The highest BCUT2D eigenvalue weighted by molar-refractivity contribution is 5.73. The minimum atomic E-state index is 0.218. The summed E-state index contributed by atoms with van der Waals surface area (Å²) < 4.78 is 0. The van der Waals surface area contributed by atoms with E-state index in [1.165, 1.54) is 11.1 Å². The molecule has 1 aliphatic heterocycles. The first-order chi connectivity index (χ1) is 10.5. The van der Waals surface area contributed by atoms with Gasteiger partial charge in [-0.3, -0.25) is 4.79 Å². The number of likely N-dealkylation sites (N-methyl/N-ethyl adjacent to an activating group) is 1. The number of hydrogen-bond donors (Lipinski definition) is 0. The van der Waals surface area contributed by atoms with Gasteiger partial charge in [0.05, 0.1) is 0 Å². The van der Waals surface area contributed by atoms with E-state index in [0.29, 0.717) is 11.8 Å². The van der Waals surface area contributed by atoms with Gasteiger partial charge in [-0.2, -0.15) is 0 Å². The highest BCUT2D eigenvalue weighted by Gasteiger charge is 2.24. The van der Waals surface area contributed by atoms with Gasteiger partial charge in [0.1, 0.15) is 0 Å². The Morgan fingerprint density at radius 3 is 2.55 bits per heavy atom. The summed E-state index contributed by atoms with van der Waals surface area (Å²) in [7, 11) is 2.19. The van der Waals surface area contributed by atoms with Crippen LogP contribution >= 0.6 is 0 Å². The topological polar surface area (TPSA) is 23.6 Å². The van der Waals surface area contributed by atoms with Gasteiger partial charge < -0.3 is 9.80 Å². The molecule has 0 unspecified atom stereocenters. The van der Waals surface area contributed by atoms with E-state index in [1.807, 2.05) is 4.90 Å². The van der Waals surface area contributed by atoms with Crippen LogP contribution in [0.15, 0.2) is 24.3 Å². The average molecular weight is 302 g/mol. The molecule has 1 aromatic carbocycles. The Labute approximate surface area is 135 Å². The summed E-state index contributed by atoms with van der Waals surface area (Å²) in [6, 6.07) is 9.02. The number of nitrogens with zero attached hydrogens (tertiary/aromatic N) is 2. The van der Waals surface area contributed by atoms with E-state index in [9.17, 15) is 4.79 Å². The largest absolute Gasteiger partial charge is 0.343 e. The fourth-order valence-electron chi connectivity index (χ4n) is 3.19. The highest BCUT2D eigenvalue weighted by Crippen LogP contribution is 2.18. The summed E-state index contributed by atoms with van der Waals surface area (Å²) in [6.45, 7) is 10.2. The maximum absolute atomic E-state index is 11.4. The molecule has 22 heavy (non-hydrogen) atoms. The second-order valence-electron chi connectivity index (χ2n) is 7.03.